The van der Waals surface area contributed by atoms with Gasteiger partial charge in [-0.25, -0.2) is 9.97 Å². The summed E-state index contributed by atoms with van der Waals surface area (Å²) >= 11 is 5.84. The summed E-state index contributed by atoms with van der Waals surface area (Å²) in [6, 6.07) is 12.5. The first-order valence-electron chi connectivity index (χ1n) is 9.81. The molecule has 33 heavy (non-hydrogen) atoms. The Hall–Kier alpha value is -3.85. The van der Waals surface area contributed by atoms with Crippen LogP contribution in [0.4, 0.5) is 19.1 Å². The number of imidazole rings is 2. The number of H-pyrrole nitrogens is 1. The van der Waals surface area contributed by atoms with Gasteiger partial charge in [0.1, 0.15) is 11.3 Å². The topological polar surface area (TPSA) is 75.1 Å². The number of aryl methyl sites for hydroxylation is 1. The summed E-state index contributed by atoms with van der Waals surface area (Å²) in [5.41, 5.74) is 3.32. The molecule has 0 atom stereocenters. The Bertz CT molecular complexity index is 1540. The number of fused-ring (bicyclic) bond motifs is 2. The standard InChI is InChI=1S/C23H15ClF3N5O/c1-12-3-2-8-32-11-19(28-20(12)32)21(33)31-22-29-17-7-5-14(10-18(17)30-22)13-4-6-15(16(24)9-13)23(25,26)27/h2-11H,1H3,(H2,29,30,31,33). The molecule has 0 spiro atoms. The number of rotatable bonds is 3. The lowest BCUT2D eigenvalue weighted by Crippen LogP contribution is -2.13. The molecule has 0 aliphatic carbocycles. The number of nitrogens with zero attached hydrogens (tertiary/aromatic N) is 3. The number of nitrogens with one attached hydrogen (secondary N) is 2. The highest BCUT2D eigenvalue weighted by molar-refractivity contribution is 6.31. The number of hydrogen-bond donors (Lipinski definition) is 2. The Kier molecular flexibility index (Phi) is 4.86. The van der Waals surface area contributed by atoms with Crippen LogP contribution in [-0.2, 0) is 6.18 Å². The predicted octanol–water partition coefficient (Wildman–Crippen LogP) is 6.11. The van der Waals surface area contributed by atoms with Gasteiger partial charge in [-0.15, -0.1) is 0 Å². The van der Waals surface area contributed by atoms with E-state index in [9.17, 15) is 18.0 Å². The number of carbonyl (C=O) groups excluding carboxylic acids is 1. The molecule has 166 valence electrons. The molecule has 0 aliphatic heterocycles. The van der Waals surface area contributed by atoms with Crippen molar-refractivity contribution in [2.45, 2.75) is 13.1 Å². The zero-order chi connectivity index (χ0) is 23.3. The molecule has 0 unspecified atom stereocenters. The highest BCUT2D eigenvalue weighted by Crippen LogP contribution is 2.37. The summed E-state index contributed by atoms with van der Waals surface area (Å²) in [5, 5.41) is 2.32. The van der Waals surface area contributed by atoms with Gasteiger partial charge in [0.05, 0.1) is 21.6 Å². The Morgan fingerprint density at radius 2 is 1.85 bits per heavy atom. The average Bonchev–Trinajstić information content (AvgIpc) is 3.36. The molecule has 3 heterocycles. The summed E-state index contributed by atoms with van der Waals surface area (Å²) in [4.78, 5) is 24.4. The minimum absolute atomic E-state index is 0.228. The Morgan fingerprint density at radius 3 is 2.58 bits per heavy atom. The maximum Gasteiger partial charge on any atom is 0.417 e. The van der Waals surface area contributed by atoms with Crippen LogP contribution < -0.4 is 5.32 Å². The van der Waals surface area contributed by atoms with Crippen molar-refractivity contribution in [3.63, 3.8) is 0 Å². The number of alkyl halides is 3. The number of carbonyl (C=O) groups is 1. The van der Waals surface area contributed by atoms with E-state index in [1.165, 1.54) is 12.1 Å². The highest BCUT2D eigenvalue weighted by atomic mass is 35.5. The first-order valence-corrected chi connectivity index (χ1v) is 10.2. The molecule has 0 saturated heterocycles. The molecule has 0 fully saturated rings. The fourth-order valence-electron chi connectivity index (χ4n) is 3.60. The van der Waals surface area contributed by atoms with Gasteiger partial charge in [-0.05, 0) is 53.9 Å². The van der Waals surface area contributed by atoms with Crippen LogP contribution in [0.15, 0.2) is 60.9 Å². The largest absolute Gasteiger partial charge is 0.417 e. The number of halogens is 4. The number of pyridine rings is 1. The number of aromatic nitrogens is 4. The maximum absolute atomic E-state index is 13.0. The third-order valence-corrected chi connectivity index (χ3v) is 5.55. The lowest BCUT2D eigenvalue weighted by molar-refractivity contribution is -0.137. The first kappa shape index (κ1) is 21.0. The molecular weight excluding hydrogens is 455 g/mol. The van der Waals surface area contributed by atoms with Crippen LogP contribution in [0.1, 0.15) is 21.6 Å². The molecule has 3 aromatic heterocycles. The zero-order valence-corrected chi connectivity index (χ0v) is 17.8. The maximum atomic E-state index is 13.0. The summed E-state index contributed by atoms with van der Waals surface area (Å²) in [6.45, 7) is 1.91. The van der Waals surface area contributed by atoms with Crippen LogP contribution in [-0.4, -0.2) is 25.3 Å². The van der Waals surface area contributed by atoms with Crippen molar-refractivity contribution in [3.05, 3.63) is 82.8 Å². The van der Waals surface area contributed by atoms with Gasteiger partial charge in [-0.1, -0.05) is 29.8 Å². The molecule has 6 nitrogen and oxygen atoms in total. The second-order valence-electron chi connectivity index (χ2n) is 7.51. The molecule has 2 aromatic carbocycles. The van der Waals surface area contributed by atoms with Gasteiger partial charge in [0, 0.05) is 12.4 Å². The summed E-state index contributed by atoms with van der Waals surface area (Å²) < 4.78 is 40.7. The molecule has 2 N–H and O–H groups in total. The number of aromatic amines is 1. The Morgan fingerprint density at radius 1 is 1.09 bits per heavy atom. The summed E-state index contributed by atoms with van der Waals surface area (Å²) in [5.74, 6) is -0.196. The molecule has 0 bridgehead atoms. The van der Waals surface area contributed by atoms with Crippen molar-refractivity contribution >= 4 is 40.1 Å². The van der Waals surface area contributed by atoms with Crippen molar-refractivity contribution in [2.24, 2.45) is 0 Å². The quantitative estimate of drug-likeness (QED) is 0.335. The van der Waals surface area contributed by atoms with Crippen molar-refractivity contribution < 1.29 is 18.0 Å². The number of hydrogen-bond acceptors (Lipinski definition) is 3. The van der Waals surface area contributed by atoms with E-state index in [1.807, 2.05) is 25.3 Å². The lowest BCUT2D eigenvalue weighted by atomic mass is 10.0. The minimum Gasteiger partial charge on any atom is -0.324 e. The van der Waals surface area contributed by atoms with Gasteiger partial charge >= 0.3 is 6.18 Å². The average molecular weight is 470 g/mol. The second kappa shape index (κ2) is 7.63. The van der Waals surface area contributed by atoms with Gasteiger partial charge in [-0.2, -0.15) is 13.2 Å². The van der Waals surface area contributed by atoms with E-state index in [-0.39, 0.29) is 16.7 Å². The SMILES string of the molecule is Cc1cccn2cc(C(=O)Nc3nc4cc(-c5ccc(C(F)(F)F)c(Cl)c5)ccc4[nH]3)nc12. The molecule has 0 aliphatic rings. The molecule has 0 radical (unpaired) electrons. The Balaban J connectivity index is 1.42. The van der Waals surface area contributed by atoms with Gasteiger partial charge in [0.15, 0.2) is 0 Å². The monoisotopic (exact) mass is 469 g/mol. The normalized spacial score (nSPS) is 11.9. The zero-order valence-electron chi connectivity index (χ0n) is 17.0. The van der Waals surface area contributed by atoms with E-state index in [1.54, 1.807) is 28.8 Å². The minimum atomic E-state index is -4.52. The summed E-state index contributed by atoms with van der Waals surface area (Å²) in [6.07, 6.45) is -1.08. The van der Waals surface area contributed by atoms with Crippen molar-refractivity contribution in [3.8, 4) is 11.1 Å². The van der Waals surface area contributed by atoms with E-state index in [0.29, 0.717) is 27.8 Å². The third-order valence-electron chi connectivity index (χ3n) is 5.23. The smallest absolute Gasteiger partial charge is 0.324 e. The van der Waals surface area contributed by atoms with E-state index >= 15 is 0 Å². The van der Waals surface area contributed by atoms with E-state index in [0.717, 1.165) is 11.6 Å². The highest BCUT2D eigenvalue weighted by Gasteiger charge is 2.33. The number of benzene rings is 2. The molecule has 1 amide bonds. The lowest BCUT2D eigenvalue weighted by Gasteiger charge is -2.10. The van der Waals surface area contributed by atoms with Crippen molar-refractivity contribution in [1.82, 2.24) is 19.4 Å². The molecule has 5 aromatic rings. The second-order valence-corrected chi connectivity index (χ2v) is 7.92. The third kappa shape index (κ3) is 3.91. The van der Waals surface area contributed by atoms with Gasteiger partial charge in [0.2, 0.25) is 5.95 Å². The van der Waals surface area contributed by atoms with E-state index in [2.05, 4.69) is 20.3 Å². The molecular formula is C23H15ClF3N5O. The Labute approximate surface area is 190 Å². The van der Waals surface area contributed by atoms with Crippen molar-refractivity contribution in [2.75, 3.05) is 5.32 Å². The number of anilines is 1. The fraction of sp³-hybridized carbons (Fsp3) is 0.0870. The number of amides is 1. The van der Waals surface area contributed by atoms with Gasteiger partial charge in [0.25, 0.3) is 5.91 Å². The summed E-state index contributed by atoms with van der Waals surface area (Å²) in [7, 11) is 0. The van der Waals surface area contributed by atoms with Crippen LogP contribution in [0, 0.1) is 6.92 Å². The van der Waals surface area contributed by atoms with Crippen LogP contribution in [0.5, 0.6) is 0 Å². The van der Waals surface area contributed by atoms with Gasteiger partial charge in [-0.3, -0.25) is 10.1 Å². The van der Waals surface area contributed by atoms with Gasteiger partial charge < -0.3 is 9.38 Å². The van der Waals surface area contributed by atoms with Crippen LogP contribution in [0.2, 0.25) is 5.02 Å². The van der Waals surface area contributed by atoms with Crippen LogP contribution in [0.3, 0.4) is 0 Å². The van der Waals surface area contributed by atoms with E-state index in [4.69, 9.17) is 11.6 Å². The molecule has 0 saturated carbocycles. The van der Waals surface area contributed by atoms with Crippen molar-refractivity contribution in [1.29, 1.82) is 0 Å². The predicted molar refractivity (Wildman–Crippen MR) is 119 cm³/mol. The molecule has 5 rings (SSSR count). The first-order chi connectivity index (χ1) is 15.7. The molecule has 10 heteroatoms. The van der Waals surface area contributed by atoms with Crippen LogP contribution in [0.25, 0.3) is 27.8 Å². The van der Waals surface area contributed by atoms with Crippen LogP contribution >= 0.6 is 11.6 Å². The van der Waals surface area contributed by atoms with E-state index < -0.39 is 17.6 Å². The fourth-order valence-corrected chi connectivity index (χ4v) is 3.89.